The zero-order valence-corrected chi connectivity index (χ0v) is 21.9. The molecule has 0 atom stereocenters. The van der Waals surface area contributed by atoms with Crippen molar-refractivity contribution in [3.05, 3.63) is 98.8 Å². The monoisotopic (exact) mass is 525 g/mol. The Kier molecular flexibility index (Phi) is 8.00. The van der Waals surface area contributed by atoms with E-state index < -0.39 is 0 Å². The van der Waals surface area contributed by atoms with E-state index in [2.05, 4.69) is 39.9 Å². The van der Waals surface area contributed by atoms with Gasteiger partial charge in [-0.1, -0.05) is 65.3 Å². The standard InChI is InChI=1S/C26H25Cl2N5OS/c1-16-8-10-21(12-18(16)3)30-25(34)29-14-24-31-32-26(35-15-19-7-5-4-6-17(19)2)33(24)23-13-20(27)9-11-22(23)28/h4-13H,14-15H2,1-3H3,(H2,29,30,34). The van der Waals surface area contributed by atoms with E-state index in [1.807, 2.05) is 48.7 Å². The number of urea groups is 1. The Morgan fingerprint density at radius 1 is 0.943 bits per heavy atom. The van der Waals surface area contributed by atoms with E-state index in [9.17, 15) is 4.79 Å². The molecule has 1 aromatic heterocycles. The maximum Gasteiger partial charge on any atom is 0.319 e. The summed E-state index contributed by atoms with van der Waals surface area (Å²) >= 11 is 14.3. The molecule has 0 aliphatic carbocycles. The first-order chi connectivity index (χ1) is 16.8. The van der Waals surface area contributed by atoms with E-state index in [4.69, 9.17) is 23.2 Å². The van der Waals surface area contributed by atoms with E-state index in [0.29, 0.717) is 32.5 Å². The Morgan fingerprint density at radius 2 is 1.74 bits per heavy atom. The van der Waals surface area contributed by atoms with Crippen LogP contribution in [0.4, 0.5) is 10.5 Å². The summed E-state index contributed by atoms with van der Waals surface area (Å²) < 4.78 is 1.84. The maximum absolute atomic E-state index is 12.6. The summed E-state index contributed by atoms with van der Waals surface area (Å²) in [5.74, 6) is 1.25. The quantitative estimate of drug-likeness (QED) is 0.252. The third-order valence-electron chi connectivity index (χ3n) is 5.64. The lowest BCUT2D eigenvalue weighted by molar-refractivity contribution is 0.251. The third-order valence-corrected chi connectivity index (χ3v) is 7.17. The number of hydrogen-bond acceptors (Lipinski definition) is 4. The fourth-order valence-electron chi connectivity index (χ4n) is 3.48. The molecular weight excluding hydrogens is 501 g/mol. The lowest BCUT2D eigenvalue weighted by atomic mass is 10.1. The summed E-state index contributed by atoms with van der Waals surface area (Å²) in [7, 11) is 0. The normalized spacial score (nSPS) is 10.9. The summed E-state index contributed by atoms with van der Waals surface area (Å²) in [6.45, 7) is 6.27. The Bertz CT molecular complexity index is 1370. The van der Waals surface area contributed by atoms with Crippen molar-refractivity contribution in [1.29, 1.82) is 0 Å². The minimum Gasteiger partial charge on any atom is -0.331 e. The average Bonchev–Trinajstić information content (AvgIpc) is 3.23. The molecule has 0 aliphatic rings. The first kappa shape index (κ1) is 25.1. The van der Waals surface area contributed by atoms with E-state index in [0.717, 1.165) is 16.8 Å². The van der Waals surface area contributed by atoms with Gasteiger partial charge in [0.25, 0.3) is 0 Å². The van der Waals surface area contributed by atoms with Crippen molar-refractivity contribution in [3.8, 4) is 5.69 Å². The Labute approximate surface area is 219 Å². The minimum atomic E-state index is -0.339. The average molecular weight is 526 g/mol. The second-order valence-electron chi connectivity index (χ2n) is 8.15. The Morgan fingerprint density at radius 3 is 2.51 bits per heavy atom. The predicted molar refractivity (Wildman–Crippen MR) is 144 cm³/mol. The van der Waals surface area contributed by atoms with Gasteiger partial charge in [0.05, 0.1) is 17.3 Å². The van der Waals surface area contributed by atoms with Crippen LogP contribution in [0.3, 0.4) is 0 Å². The number of benzene rings is 3. The highest BCUT2D eigenvalue weighted by molar-refractivity contribution is 7.98. The van der Waals surface area contributed by atoms with Crippen LogP contribution in [0, 0.1) is 20.8 Å². The number of amides is 2. The molecule has 2 amide bonds. The van der Waals surface area contributed by atoms with Gasteiger partial charge in [-0.25, -0.2) is 4.79 Å². The van der Waals surface area contributed by atoms with Gasteiger partial charge in [-0.2, -0.15) is 0 Å². The molecule has 35 heavy (non-hydrogen) atoms. The highest BCUT2D eigenvalue weighted by atomic mass is 35.5. The molecule has 1 heterocycles. The summed E-state index contributed by atoms with van der Waals surface area (Å²) in [5.41, 5.74) is 6.06. The van der Waals surface area contributed by atoms with Crippen LogP contribution >= 0.6 is 35.0 Å². The first-order valence-electron chi connectivity index (χ1n) is 11.0. The van der Waals surface area contributed by atoms with Gasteiger partial charge in [-0.15, -0.1) is 10.2 Å². The van der Waals surface area contributed by atoms with Gasteiger partial charge >= 0.3 is 6.03 Å². The summed E-state index contributed by atoms with van der Waals surface area (Å²) in [6, 6.07) is 18.9. The number of carbonyl (C=O) groups is 1. The van der Waals surface area contributed by atoms with Crippen molar-refractivity contribution in [1.82, 2.24) is 20.1 Å². The van der Waals surface area contributed by atoms with Gasteiger partial charge < -0.3 is 10.6 Å². The van der Waals surface area contributed by atoms with Gasteiger partial charge in [-0.05, 0) is 73.4 Å². The van der Waals surface area contributed by atoms with Gasteiger partial charge in [0, 0.05) is 16.5 Å². The number of carbonyl (C=O) groups excluding carboxylic acids is 1. The topological polar surface area (TPSA) is 71.8 Å². The molecule has 0 aliphatic heterocycles. The summed E-state index contributed by atoms with van der Waals surface area (Å²) in [4.78, 5) is 12.6. The number of hydrogen-bond donors (Lipinski definition) is 2. The lowest BCUT2D eigenvalue weighted by Crippen LogP contribution is -2.29. The van der Waals surface area contributed by atoms with Crippen LogP contribution in [0.15, 0.2) is 65.8 Å². The second kappa shape index (κ2) is 11.2. The molecule has 0 unspecified atom stereocenters. The first-order valence-corrected chi connectivity index (χ1v) is 12.7. The molecule has 4 aromatic rings. The van der Waals surface area contributed by atoms with Crippen LogP contribution in [0.1, 0.15) is 28.1 Å². The molecule has 9 heteroatoms. The number of anilines is 1. The van der Waals surface area contributed by atoms with E-state index >= 15 is 0 Å². The van der Waals surface area contributed by atoms with Crippen molar-refractivity contribution in [3.63, 3.8) is 0 Å². The fourth-order valence-corrected chi connectivity index (χ4v) is 4.88. The van der Waals surface area contributed by atoms with Crippen LogP contribution in [0.2, 0.25) is 10.0 Å². The maximum atomic E-state index is 12.6. The van der Waals surface area contributed by atoms with Gasteiger partial charge in [0.15, 0.2) is 11.0 Å². The summed E-state index contributed by atoms with van der Waals surface area (Å²) in [6.07, 6.45) is 0. The molecule has 3 aromatic carbocycles. The van der Waals surface area contributed by atoms with Gasteiger partial charge in [-0.3, -0.25) is 4.57 Å². The zero-order chi connectivity index (χ0) is 24.9. The molecular formula is C26H25Cl2N5OS. The molecule has 0 spiro atoms. The van der Waals surface area contributed by atoms with E-state index in [1.54, 1.807) is 30.0 Å². The number of rotatable bonds is 7. The highest BCUT2D eigenvalue weighted by Crippen LogP contribution is 2.31. The lowest BCUT2D eigenvalue weighted by Gasteiger charge is -2.14. The van der Waals surface area contributed by atoms with Crippen molar-refractivity contribution in [2.75, 3.05) is 5.32 Å². The van der Waals surface area contributed by atoms with Crippen molar-refractivity contribution >= 4 is 46.7 Å². The van der Waals surface area contributed by atoms with Crippen LogP contribution in [-0.2, 0) is 12.3 Å². The van der Waals surface area contributed by atoms with E-state index in [1.165, 1.54) is 11.1 Å². The minimum absolute atomic E-state index is 0.150. The van der Waals surface area contributed by atoms with Crippen molar-refractivity contribution in [2.45, 2.75) is 38.2 Å². The number of nitrogens with zero attached hydrogens (tertiary/aromatic N) is 3. The second-order valence-corrected chi connectivity index (χ2v) is 9.94. The summed E-state index contributed by atoms with van der Waals surface area (Å²) in [5, 5.41) is 16.2. The third kappa shape index (κ3) is 6.17. The van der Waals surface area contributed by atoms with E-state index in [-0.39, 0.29) is 12.6 Å². The molecule has 0 saturated carbocycles. The molecule has 180 valence electrons. The predicted octanol–water partition coefficient (Wildman–Crippen LogP) is 7.11. The molecule has 6 nitrogen and oxygen atoms in total. The number of halogens is 2. The Hall–Kier alpha value is -3.00. The van der Waals surface area contributed by atoms with Crippen LogP contribution in [0.5, 0.6) is 0 Å². The number of nitrogens with one attached hydrogen (secondary N) is 2. The van der Waals surface area contributed by atoms with Crippen molar-refractivity contribution in [2.24, 2.45) is 0 Å². The molecule has 0 radical (unpaired) electrons. The molecule has 2 N–H and O–H groups in total. The molecule has 0 fully saturated rings. The Balaban J connectivity index is 1.56. The molecule has 4 rings (SSSR count). The molecule has 0 saturated heterocycles. The highest BCUT2D eigenvalue weighted by Gasteiger charge is 2.18. The zero-order valence-electron chi connectivity index (χ0n) is 19.6. The SMILES string of the molecule is Cc1ccc(NC(=O)NCc2nnc(SCc3ccccc3C)n2-c2cc(Cl)ccc2Cl)cc1C. The van der Waals surface area contributed by atoms with Crippen LogP contribution < -0.4 is 10.6 Å². The number of aryl methyl sites for hydroxylation is 3. The fraction of sp³-hybridized carbons (Fsp3) is 0.192. The van der Waals surface area contributed by atoms with Crippen LogP contribution in [-0.4, -0.2) is 20.8 Å². The van der Waals surface area contributed by atoms with Gasteiger partial charge in [0.1, 0.15) is 0 Å². The van der Waals surface area contributed by atoms with Gasteiger partial charge in [0.2, 0.25) is 0 Å². The smallest absolute Gasteiger partial charge is 0.319 e. The number of aromatic nitrogens is 3. The number of thioether (sulfide) groups is 1. The largest absolute Gasteiger partial charge is 0.331 e. The van der Waals surface area contributed by atoms with Crippen LogP contribution in [0.25, 0.3) is 5.69 Å². The molecule has 0 bridgehead atoms. The van der Waals surface area contributed by atoms with Crippen molar-refractivity contribution < 1.29 is 4.79 Å².